The summed E-state index contributed by atoms with van der Waals surface area (Å²) in [6.45, 7) is 7.11. The van der Waals surface area contributed by atoms with Crippen molar-refractivity contribution in [3.8, 4) is 5.75 Å². The zero-order valence-electron chi connectivity index (χ0n) is 15.7. The van der Waals surface area contributed by atoms with Gasteiger partial charge in [-0.1, -0.05) is 32.0 Å². The van der Waals surface area contributed by atoms with Gasteiger partial charge in [-0.3, -0.25) is 4.79 Å². The Bertz CT molecular complexity index is 928. The predicted octanol–water partition coefficient (Wildman–Crippen LogP) is 3.81. The number of fused-ring (bicyclic) bond motifs is 1. The monoisotopic (exact) mass is 351 g/mol. The Labute approximate surface area is 154 Å². The summed E-state index contributed by atoms with van der Waals surface area (Å²) in [5.41, 5.74) is 3.64. The van der Waals surface area contributed by atoms with Gasteiger partial charge in [-0.2, -0.15) is 0 Å². The van der Waals surface area contributed by atoms with Crippen molar-refractivity contribution in [1.29, 1.82) is 0 Å². The molecule has 3 aromatic rings. The second-order valence-corrected chi connectivity index (χ2v) is 6.72. The van der Waals surface area contributed by atoms with Crippen LogP contribution in [0, 0.1) is 6.92 Å². The highest BCUT2D eigenvalue weighted by molar-refractivity contribution is 5.97. The van der Waals surface area contributed by atoms with Crippen LogP contribution in [0.4, 0.5) is 0 Å². The summed E-state index contributed by atoms with van der Waals surface area (Å²) in [5, 5.41) is 2.91. The molecular formula is C21H25N3O2. The SMILES string of the molecule is Cc1nc2cc(C(=O)NCCOc3ccccc3C(C)C)ccc2n1C. The van der Waals surface area contributed by atoms with Gasteiger partial charge in [-0.25, -0.2) is 4.98 Å². The minimum atomic E-state index is -0.115. The number of hydrogen-bond acceptors (Lipinski definition) is 3. The molecule has 5 heteroatoms. The summed E-state index contributed by atoms with van der Waals surface area (Å²) in [6, 6.07) is 13.6. The van der Waals surface area contributed by atoms with Gasteiger partial charge in [0.2, 0.25) is 0 Å². The lowest BCUT2D eigenvalue weighted by Gasteiger charge is -2.14. The molecule has 0 fully saturated rings. The van der Waals surface area contributed by atoms with Crippen LogP contribution in [0.1, 0.15) is 41.5 Å². The smallest absolute Gasteiger partial charge is 0.251 e. The first-order chi connectivity index (χ1) is 12.5. The molecule has 1 amide bonds. The summed E-state index contributed by atoms with van der Waals surface area (Å²) in [6.07, 6.45) is 0. The molecule has 0 radical (unpaired) electrons. The molecule has 0 aliphatic rings. The molecule has 3 rings (SSSR count). The molecule has 1 aromatic heterocycles. The second-order valence-electron chi connectivity index (χ2n) is 6.72. The van der Waals surface area contributed by atoms with Gasteiger partial charge >= 0.3 is 0 Å². The fourth-order valence-corrected chi connectivity index (χ4v) is 2.98. The van der Waals surface area contributed by atoms with Crippen LogP contribution < -0.4 is 10.1 Å². The number of benzene rings is 2. The molecule has 1 heterocycles. The highest BCUT2D eigenvalue weighted by Gasteiger charge is 2.10. The van der Waals surface area contributed by atoms with Gasteiger partial charge in [0.05, 0.1) is 17.6 Å². The molecule has 0 atom stereocenters. The number of para-hydroxylation sites is 1. The summed E-state index contributed by atoms with van der Waals surface area (Å²) >= 11 is 0. The number of aryl methyl sites for hydroxylation is 2. The van der Waals surface area contributed by atoms with E-state index in [1.165, 1.54) is 5.56 Å². The van der Waals surface area contributed by atoms with Gasteiger partial charge in [0.25, 0.3) is 5.91 Å². The van der Waals surface area contributed by atoms with E-state index >= 15 is 0 Å². The summed E-state index contributed by atoms with van der Waals surface area (Å²) < 4.78 is 7.85. The van der Waals surface area contributed by atoms with Crippen LogP contribution in [0.15, 0.2) is 42.5 Å². The van der Waals surface area contributed by atoms with Gasteiger partial charge in [-0.05, 0) is 42.7 Å². The van der Waals surface area contributed by atoms with Crippen molar-refractivity contribution in [2.75, 3.05) is 13.2 Å². The van der Waals surface area contributed by atoms with Crippen LogP contribution in [-0.2, 0) is 7.05 Å². The van der Waals surface area contributed by atoms with Gasteiger partial charge in [0.15, 0.2) is 0 Å². The van der Waals surface area contributed by atoms with Gasteiger partial charge in [-0.15, -0.1) is 0 Å². The third kappa shape index (κ3) is 3.72. The van der Waals surface area contributed by atoms with E-state index in [2.05, 4.69) is 30.2 Å². The maximum atomic E-state index is 12.4. The Kier molecular flexibility index (Phi) is 5.26. The molecule has 0 spiro atoms. The standard InChI is InChI=1S/C21H25N3O2/c1-14(2)17-7-5-6-8-20(17)26-12-11-22-21(25)16-9-10-19-18(13-16)23-15(3)24(19)4/h5-10,13-14H,11-12H2,1-4H3,(H,22,25). The van der Waals surface area contributed by atoms with E-state index in [-0.39, 0.29) is 5.91 Å². The molecule has 0 saturated heterocycles. The van der Waals surface area contributed by atoms with Crippen molar-refractivity contribution in [2.45, 2.75) is 26.7 Å². The zero-order chi connectivity index (χ0) is 18.7. The molecule has 136 valence electrons. The molecule has 0 bridgehead atoms. The first-order valence-electron chi connectivity index (χ1n) is 8.90. The third-order valence-electron chi connectivity index (χ3n) is 4.55. The number of nitrogens with one attached hydrogen (secondary N) is 1. The normalized spacial score (nSPS) is 11.1. The molecule has 0 saturated carbocycles. The first-order valence-corrected chi connectivity index (χ1v) is 8.90. The molecule has 2 aromatic carbocycles. The lowest BCUT2D eigenvalue weighted by molar-refractivity contribution is 0.0947. The van der Waals surface area contributed by atoms with Crippen molar-refractivity contribution in [3.05, 3.63) is 59.4 Å². The number of aromatic nitrogens is 2. The van der Waals surface area contributed by atoms with Gasteiger partial charge < -0.3 is 14.6 Å². The van der Waals surface area contributed by atoms with Crippen LogP contribution >= 0.6 is 0 Å². The van der Waals surface area contributed by atoms with Gasteiger partial charge in [0, 0.05) is 12.6 Å². The predicted molar refractivity (Wildman–Crippen MR) is 104 cm³/mol. The molecule has 0 aliphatic heterocycles. The number of carbonyl (C=O) groups excluding carboxylic acids is 1. The minimum Gasteiger partial charge on any atom is -0.491 e. The number of nitrogens with zero attached hydrogens (tertiary/aromatic N) is 2. The Hall–Kier alpha value is -2.82. The average molecular weight is 351 g/mol. The summed E-state index contributed by atoms with van der Waals surface area (Å²) in [5.74, 6) is 2.09. The average Bonchev–Trinajstić information content (AvgIpc) is 2.92. The Morgan fingerprint density at radius 1 is 1.23 bits per heavy atom. The lowest BCUT2D eigenvalue weighted by atomic mass is 10.0. The number of amides is 1. The number of carbonyl (C=O) groups is 1. The largest absolute Gasteiger partial charge is 0.491 e. The van der Waals surface area contributed by atoms with E-state index in [0.29, 0.717) is 24.6 Å². The van der Waals surface area contributed by atoms with Crippen LogP contribution in [0.5, 0.6) is 5.75 Å². The van der Waals surface area contributed by atoms with Crippen LogP contribution in [0.2, 0.25) is 0 Å². The zero-order valence-corrected chi connectivity index (χ0v) is 15.7. The quantitative estimate of drug-likeness (QED) is 0.687. The van der Waals surface area contributed by atoms with E-state index in [9.17, 15) is 4.79 Å². The number of hydrogen-bond donors (Lipinski definition) is 1. The fraction of sp³-hybridized carbons (Fsp3) is 0.333. The first kappa shape index (κ1) is 18.0. The van der Waals surface area contributed by atoms with Crippen LogP contribution in [0.3, 0.4) is 0 Å². The van der Waals surface area contributed by atoms with E-state index in [1.54, 1.807) is 0 Å². The van der Waals surface area contributed by atoms with Gasteiger partial charge in [0.1, 0.15) is 18.2 Å². The van der Waals surface area contributed by atoms with Crippen molar-refractivity contribution in [1.82, 2.24) is 14.9 Å². The van der Waals surface area contributed by atoms with E-state index in [4.69, 9.17) is 4.74 Å². The Morgan fingerprint density at radius 2 is 2.00 bits per heavy atom. The highest BCUT2D eigenvalue weighted by Crippen LogP contribution is 2.25. The van der Waals surface area contributed by atoms with Crippen molar-refractivity contribution < 1.29 is 9.53 Å². The lowest BCUT2D eigenvalue weighted by Crippen LogP contribution is -2.28. The van der Waals surface area contributed by atoms with E-state index in [1.807, 2.05) is 54.9 Å². The van der Waals surface area contributed by atoms with Crippen LogP contribution in [-0.4, -0.2) is 28.6 Å². The summed E-state index contributed by atoms with van der Waals surface area (Å²) in [7, 11) is 1.97. The molecular weight excluding hydrogens is 326 g/mol. The highest BCUT2D eigenvalue weighted by atomic mass is 16.5. The number of rotatable bonds is 6. The summed E-state index contributed by atoms with van der Waals surface area (Å²) in [4.78, 5) is 16.8. The molecule has 26 heavy (non-hydrogen) atoms. The molecule has 5 nitrogen and oxygen atoms in total. The maximum Gasteiger partial charge on any atom is 0.251 e. The second kappa shape index (κ2) is 7.60. The fourth-order valence-electron chi connectivity index (χ4n) is 2.98. The molecule has 0 unspecified atom stereocenters. The third-order valence-corrected chi connectivity index (χ3v) is 4.55. The molecule has 0 aliphatic carbocycles. The number of imidazole rings is 1. The Balaban J connectivity index is 1.58. The van der Waals surface area contributed by atoms with Crippen molar-refractivity contribution in [3.63, 3.8) is 0 Å². The topological polar surface area (TPSA) is 56.1 Å². The van der Waals surface area contributed by atoms with Crippen molar-refractivity contribution in [2.24, 2.45) is 7.05 Å². The Morgan fingerprint density at radius 3 is 2.77 bits per heavy atom. The maximum absolute atomic E-state index is 12.4. The van der Waals surface area contributed by atoms with E-state index < -0.39 is 0 Å². The van der Waals surface area contributed by atoms with Crippen LogP contribution in [0.25, 0.3) is 11.0 Å². The number of ether oxygens (including phenoxy) is 1. The van der Waals surface area contributed by atoms with E-state index in [0.717, 1.165) is 22.6 Å². The minimum absolute atomic E-state index is 0.115. The van der Waals surface area contributed by atoms with Crippen molar-refractivity contribution >= 4 is 16.9 Å². The molecule has 1 N–H and O–H groups in total.